The normalized spacial score (nSPS) is 13.1. The van der Waals surface area contributed by atoms with Crippen LogP contribution in [0.1, 0.15) is 25.4 Å². The first-order valence-corrected chi connectivity index (χ1v) is 9.22. The van der Waals surface area contributed by atoms with Crippen molar-refractivity contribution in [3.05, 3.63) is 88.6 Å². The van der Waals surface area contributed by atoms with E-state index in [0.717, 1.165) is 24.5 Å². The molecule has 0 fully saturated rings. The van der Waals surface area contributed by atoms with Crippen LogP contribution in [0.5, 0.6) is 0 Å². The maximum atomic E-state index is 14.4. The third-order valence-electron chi connectivity index (χ3n) is 4.25. The number of nitriles is 1. The molecular formula is C21H16F4N6O2. The second kappa shape index (κ2) is 9.90. The van der Waals surface area contributed by atoms with E-state index in [1.165, 1.54) is 18.2 Å². The molecule has 0 bridgehead atoms. The number of amides is 1. The Labute approximate surface area is 187 Å². The van der Waals surface area contributed by atoms with E-state index >= 15 is 0 Å². The molecule has 0 aliphatic heterocycles. The highest BCUT2D eigenvalue weighted by atomic mass is 19.3. The van der Waals surface area contributed by atoms with Crippen molar-refractivity contribution in [2.45, 2.75) is 18.8 Å². The van der Waals surface area contributed by atoms with E-state index in [9.17, 15) is 32.8 Å². The molecule has 0 unspecified atom stereocenters. The van der Waals surface area contributed by atoms with Gasteiger partial charge in [0.25, 0.3) is 0 Å². The standard InChI is InChI=1S/C21H16F4N6O2/c22-14-4-3-7-27-16(14)11-29-19(32)9-17-13(10-26)8-15(23)20(31(17)33)30-12-21(24,25)18-5-1-2-6-28-18/h1-8,33H,9,11-12H2,(H,29,32)/i11D2. The lowest BCUT2D eigenvalue weighted by Crippen LogP contribution is -2.33. The molecule has 0 saturated heterocycles. The van der Waals surface area contributed by atoms with Crippen molar-refractivity contribution >= 4 is 5.91 Å². The fourth-order valence-electron chi connectivity index (χ4n) is 2.66. The molecule has 0 spiro atoms. The van der Waals surface area contributed by atoms with Crippen LogP contribution in [0.15, 0.2) is 53.8 Å². The molecule has 3 aromatic heterocycles. The van der Waals surface area contributed by atoms with Gasteiger partial charge in [-0.25, -0.2) is 8.78 Å². The molecule has 12 heteroatoms. The number of rotatable bonds is 7. The van der Waals surface area contributed by atoms with Crippen molar-refractivity contribution < 1.29 is 30.3 Å². The quantitative estimate of drug-likeness (QED) is 0.413. The number of alkyl halides is 2. The first-order valence-electron chi connectivity index (χ1n) is 10.2. The molecule has 3 rings (SSSR count). The van der Waals surface area contributed by atoms with Crippen LogP contribution in [-0.2, 0) is 23.6 Å². The summed E-state index contributed by atoms with van der Waals surface area (Å²) >= 11 is 0. The number of aromatic nitrogens is 3. The predicted octanol–water partition coefficient (Wildman–Crippen LogP) is 2.22. The largest absolute Gasteiger partial charge is 0.427 e. The smallest absolute Gasteiger partial charge is 0.308 e. The number of pyridine rings is 3. The first-order chi connectivity index (χ1) is 16.5. The van der Waals surface area contributed by atoms with E-state index in [2.05, 4.69) is 15.0 Å². The molecule has 33 heavy (non-hydrogen) atoms. The third-order valence-corrected chi connectivity index (χ3v) is 4.25. The van der Waals surface area contributed by atoms with Crippen molar-refractivity contribution in [3.8, 4) is 6.07 Å². The molecular weight excluding hydrogens is 444 g/mol. The van der Waals surface area contributed by atoms with E-state index in [1.54, 1.807) is 6.07 Å². The van der Waals surface area contributed by atoms with E-state index in [0.29, 0.717) is 6.07 Å². The Bertz CT molecular complexity index is 1360. The van der Waals surface area contributed by atoms with Gasteiger partial charge in [-0.05, 0) is 30.3 Å². The minimum absolute atomic E-state index is 0.0428. The van der Waals surface area contributed by atoms with Crippen LogP contribution in [-0.4, -0.2) is 32.4 Å². The molecule has 3 heterocycles. The lowest BCUT2D eigenvalue weighted by molar-refractivity contribution is -0.120. The number of halogens is 4. The summed E-state index contributed by atoms with van der Waals surface area (Å²) in [5.41, 5.74) is -3.48. The second-order valence-electron chi connectivity index (χ2n) is 6.52. The van der Waals surface area contributed by atoms with Gasteiger partial charge < -0.3 is 10.5 Å². The highest BCUT2D eigenvalue weighted by Gasteiger charge is 2.33. The Hall–Kier alpha value is -4.27. The minimum Gasteiger partial charge on any atom is -0.427 e. The molecule has 8 nitrogen and oxygen atoms in total. The zero-order chi connectivity index (χ0) is 25.8. The summed E-state index contributed by atoms with van der Waals surface area (Å²) in [5, 5.41) is 21.5. The zero-order valence-corrected chi connectivity index (χ0v) is 16.6. The van der Waals surface area contributed by atoms with Gasteiger partial charge >= 0.3 is 5.92 Å². The van der Waals surface area contributed by atoms with Crippen molar-refractivity contribution in [2.24, 2.45) is 4.99 Å². The van der Waals surface area contributed by atoms with Gasteiger partial charge in [0.2, 0.25) is 5.91 Å². The van der Waals surface area contributed by atoms with Crippen LogP contribution < -0.4 is 10.8 Å². The lowest BCUT2D eigenvalue weighted by Gasteiger charge is -2.14. The van der Waals surface area contributed by atoms with Gasteiger partial charge in [-0.15, -0.1) is 0 Å². The van der Waals surface area contributed by atoms with Crippen LogP contribution in [0.2, 0.25) is 0 Å². The highest BCUT2D eigenvalue weighted by molar-refractivity contribution is 5.78. The molecule has 170 valence electrons. The molecule has 0 aliphatic carbocycles. The summed E-state index contributed by atoms with van der Waals surface area (Å²) in [6.07, 6.45) is 1.32. The molecule has 0 aliphatic rings. The molecule has 3 aromatic rings. The Kier molecular flexibility index (Phi) is 6.19. The van der Waals surface area contributed by atoms with Gasteiger partial charge in [-0.1, -0.05) is 6.07 Å². The maximum Gasteiger partial charge on any atom is 0.308 e. The average molecular weight is 462 g/mol. The van der Waals surface area contributed by atoms with Gasteiger partial charge in [0.15, 0.2) is 11.3 Å². The fourth-order valence-corrected chi connectivity index (χ4v) is 2.66. The van der Waals surface area contributed by atoms with Crippen molar-refractivity contribution in [1.82, 2.24) is 20.0 Å². The Morgan fingerprint density at radius 2 is 2.00 bits per heavy atom. The van der Waals surface area contributed by atoms with E-state index < -0.39 is 71.1 Å². The lowest BCUT2D eigenvalue weighted by atomic mass is 10.1. The Balaban J connectivity index is 1.92. The van der Waals surface area contributed by atoms with Crippen LogP contribution in [0.3, 0.4) is 0 Å². The number of hydrogen-bond acceptors (Lipinski definition) is 6. The Morgan fingerprint density at radius 3 is 2.67 bits per heavy atom. The van der Waals surface area contributed by atoms with Crippen LogP contribution in [0.25, 0.3) is 0 Å². The van der Waals surface area contributed by atoms with Crippen molar-refractivity contribution in [3.63, 3.8) is 0 Å². The number of nitrogens with one attached hydrogen (secondary N) is 1. The minimum atomic E-state index is -3.63. The predicted molar refractivity (Wildman–Crippen MR) is 105 cm³/mol. The SMILES string of the molecule is [2H]C([2H])(NC(=O)Cc1c(C#N)cc(F)c(=NCC(F)(F)c2ccccn2)n1O)c1ncccc1F. The van der Waals surface area contributed by atoms with Gasteiger partial charge in [0.05, 0.1) is 32.6 Å². The molecule has 1 amide bonds. The van der Waals surface area contributed by atoms with Gasteiger partial charge in [-0.3, -0.25) is 19.8 Å². The van der Waals surface area contributed by atoms with Crippen LogP contribution >= 0.6 is 0 Å². The van der Waals surface area contributed by atoms with Gasteiger partial charge in [0.1, 0.15) is 24.1 Å². The first kappa shape index (κ1) is 20.6. The van der Waals surface area contributed by atoms with E-state index in [-0.39, 0.29) is 4.73 Å². The number of nitrogens with zero attached hydrogens (tertiary/aromatic N) is 5. The van der Waals surface area contributed by atoms with E-state index in [4.69, 9.17) is 2.74 Å². The number of hydrogen-bond donors (Lipinski definition) is 2. The zero-order valence-electron chi connectivity index (χ0n) is 18.6. The average Bonchev–Trinajstić information content (AvgIpc) is 2.81. The summed E-state index contributed by atoms with van der Waals surface area (Å²) in [6, 6.07) is 8.04. The van der Waals surface area contributed by atoms with Gasteiger partial charge in [0, 0.05) is 12.4 Å². The van der Waals surface area contributed by atoms with Gasteiger partial charge in [-0.2, -0.15) is 18.8 Å². The molecule has 0 radical (unpaired) electrons. The van der Waals surface area contributed by atoms with Crippen molar-refractivity contribution in [1.29, 1.82) is 5.26 Å². The second-order valence-corrected chi connectivity index (χ2v) is 6.52. The topological polar surface area (TPSA) is 116 Å². The molecule has 0 atom stereocenters. The summed E-state index contributed by atoms with van der Waals surface area (Å²) in [7, 11) is 0. The monoisotopic (exact) mass is 462 g/mol. The molecule has 0 aromatic carbocycles. The highest BCUT2D eigenvalue weighted by Crippen LogP contribution is 2.25. The Morgan fingerprint density at radius 1 is 1.24 bits per heavy atom. The number of carbonyl (C=O) groups excluding carboxylic acids is 1. The summed E-state index contributed by atoms with van der Waals surface area (Å²) < 4.78 is 72.8. The fraction of sp³-hybridized carbons (Fsp3) is 0.190. The molecule has 2 N–H and O–H groups in total. The van der Waals surface area contributed by atoms with E-state index in [1.807, 2.05) is 5.32 Å². The maximum absolute atomic E-state index is 14.4. The summed E-state index contributed by atoms with van der Waals surface area (Å²) in [5.74, 6) is -7.15. The number of carbonyl (C=O) groups is 1. The molecule has 0 saturated carbocycles. The summed E-state index contributed by atoms with van der Waals surface area (Å²) in [6.45, 7) is -4.10. The summed E-state index contributed by atoms with van der Waals surface area (Å²) in [4.78, 5) is 22.9. The third kappa shape index (κ3) is 5.51. The van der Waals surface area contributed by atoms with Crippen LogP contribution in [0.4, 0.5) is 17.6 Å². The van der Waals surface area contributed by atoms with Crippen LogP contribution in [0, 0.1) is 23.0 Å². The van der Waals surface area contributed by atoms with Crippen molar-refractivity contribution in [2.75, 3.05) is 6.54 Å².